The van der Waals surface area contributed by atoms with Gasteiger partial charge in [0.1, 0.15) is 0 Å². The molecule has 1 saturated heterocycles. The SMILES string of the molecule is CCC1CCN(c2ccc(C)c(C(F)(F)F)c2)CCCN1. The molecule has 1 aromatic carbocycles. The minimum atomic E-state index is -4.28. The Kier molecular flexibility index (Phi) is 5.14. The minimum absolute atomic E-state index is 0.284. The summed E-state index contributed by atoms with van der Waals surface area (Å²) in [6.45, 7) is 6.16. The van der Waals surface area contributed by atoms with Crippen molar-refractivity contribution in [1.29, 1.82) is 0 Å². The third kappa shape index (κ3) is 4.13. The fourth-order valence-electron chi connectivity index (χ4n) is 2.82. The molecule has 1 heterocycles. The lowest BCUT2D eigenvalue weighted by Crippen LogP contribution is -2.39. The molecule has 1 aromatic rings. The highest BCUT2D eigenvalue weighted by Crippen LogP contribution is 2.34. The van der Waals surface area contributed by atoms with Crippen molar-refractivity contribution in [3.05, 3.63) is 29.3 Å². The van der Waals surface area contributed by atoms with E-state index in [0.29, 0.717) is 11.7 Å². The monoisotopic (exact) mass is 300 g/mol. The summed E-state index contributed by atoms with van der Waals surface area (Å²) in [4.78, 5) is 2.08. The normalized spacial score (nSPS) is 21.0. The van der Waals surface area contributed by atoms with Crippen LogP contribution in [0.5, 0.6) is 0 Å². The summed E-state index contributed by atoms with van der Waals surface area (Å²) in [5, 5.41) is 3.48. The number of benzene rings is 1. The first kappa shape index (κ1) is 16.1. The minimum Gasteiger partial charge on any atom is -0.371 e. The van der Waals surface area contributed by atoms with Crippen molar-refractivity contribution in [2.45, 2.75) is 45.3 Å². The molecule has 2 rings (SSSR count). The lowest BCUT2D eigenvalue weighted by Gasteiger charge is -2.31. The van der Waals surface area contributed by atoms with Crippen molar-refractivity contribution >= 4 is 5.69 Å². The van der Waals surface area contributed by atoms with Gasteiger partial charge in [0, 0.05) is 24.8 Å². The molecule has 1 aliphatic rings. The van der Waals surface area contributed by atoms with Crippen LogP contribution in [0.25, 0.3) is 0 Å². The van der Waals surface area contributed by atoms with E-state index in [0.717, 1.165) is 38.9 Å². The molecule has 0 radical (unpaired) electrons. The third-order valence-corrected chi connectivity index (χ3v) is 4.17. The zero-order chi connectivity index (χ0) is 15.5. The number of rotatable bonds is 2. The molecule has 0 spiro atoms. The predicted molar refractivity (Wildman–Crippen MR) is 79.7 cm³/mol. The summed E-state index contributed by atoms with van der Waals surface area (Å²) in [6, 6.07) is 5.14. The Morgan fingerprint density at radius 3 is 2.71 bits per heavy atom. The van der Waals surface area contributed by atoms with Gasteiger partial charge in [0.15, 0.2) is 0 Å². The van der Waals surface area contributed by atoms with Gasteiger partial charge in [0.05, 0.1) is 5.56 Å². The van der Waals surface area contributed by atoms with Crippen LogP contribution in [0.2, 0.25) is 0 Å². The summed E-state index contributed by atoms with van der Waals surface area (Å²) in [6.07, 6.45) is -1.32. The molecule has 0 bridgehead atoms. The molecule has 21 heavy (non-hydrogen) atoms. The molecule has 0 amide bonds. The first-order chi connectivity index (χ1) is 9.91. The molecule has 1 aliphatic heterocycles. The molecule has 0 aliphatic carbocycles. The molecule has 0 saturated carbocycles. The van der Waals surface area contributed by atoms with E-state index in [1.54, 1.807) is 12.1 Å². The number of alkyl halides is 3. The quantitative estimate of drug-likeness (QED) is 0.888. The van der Waals surface area contributed by atoms with Crippen molar-refractivity contribution < 1.29 is 13.2 Å². The third-order valence-electron chi connectivity index (χ3n) is 4.17. The number of hydrogen-bond donors (Lipinski definition) is 1. The van der Waals surface area contributed by atoms with Crippen molar-refractivity contribution in [3.8, 4) is 0 Å². The van der Waals surface area contributed by atoms with Gasteiger partial charge in [-0.15, -0.1) is 0 Å². The van der Waals surface area contributed by atoms with Crippen LogP contribution >= 0.6 is 0 Å². The van der Waals surface area contributed by atoms with Crippen molar-refractivity contribution in [2.24, 2.45) is 0 Å². The molecule has 1 atom stereocenters. The van der Waals surface area contributed by atoms with Gasteiger partial charge in [-0.3, -0.25) is 0 Å². The second kappa shape index (κ2) is 6.69. The van der Waals surface area contributed by atoms with Crippen LogP contribution in [0.4, 0.5) is 18.9 Å². The topological polar surface area (TPSA) is 15.3 Å². The van der Waals surface area contributed by atoms with E-state index in [-0.39, 0.29) is 5.56 Å². The van der Waals surface area contributed by atoms with Gasteiger partial charge in [-0.25, -0.2) is 0 Å². The number of nitrogens with one attached hydrogen (secondary N) is 1. The van der Waals surface area contributed by atoms with E-state index >= 15 is 0 Å². The maximum Gasteiger partial charge on any atom is 0.416 e. The van der Waals surface area contributed by atoms with E-state index in [1.165, 1.54) is 13.0 Å². The molecule has 1 fully saturated rings. The molecular weight excluding hydrogens is 277 g/mol. The summed E-state index contributed by atoms with van der Waals surface area (Å²) >= 11 is 0. The summed E-state index contributed by atoms with van der Waals surface area (Å²) in [5.41, 5.74) is 0.447. The van der Waals surface area contributed by atoms with E-state index < -0.39 is 11.7 Å². The number of halogens is 3. The number of hydrogen-bond acceptors (Lipinski definition) is 2. The van der Waals surface area contributed by atoms with Gasteiger partial charge in [0.25, 0.3) is 0 Å². The van der Waals surface area contributed by atoms with Gasteiger partial charge in [-0.05, 0) is 50.4 Å². The number of anilines is 1. The average molecular weight is 300 g/mol. The van der Waals surface area contributed by atoms with Gasteiger partial charge < -0.3 is 10.2 Å². The highest BCUT2D eigenvalue weighted by molar-refractivity contribution is 5.51. The average Bonchev–Trinajstić information content (AvgIpc) is 2.39. The molecule has 2 nitrogen and oxygen atoms in total. The van der Waals surface area contributed by atoms with Gasteiger partial charge in [-0.2, -0.15) is 13.2 Å². The summed E-state index contributed by atoms with van der Waals surface area (Å²) in [5.74, 6) is 0. The Labute approximate surface area is 124 Å². The maximum atomic E-state index is 13.0. The Balaban J connectivity index is 2.20. The largest absolute Gasteiger partial charge is 0.416 e. The fraction of sp³-hybridized carbons (Fsp3) is 0.625. The molecule has 118 valence electrons. The highest BCUT2D eigenvalue weighted by atomic mass is 19.4. The van der Waals surface area contributed by atoms with E-state index in [9.17, 15) is 13.2 Å². The molecule has 5 heteroatoms. The standard InChI is InChI=1S/C16H23F3N2/c1-3-13-7-10-21(9-4-8-20-13)14-6-5-12(2)15(11-14)16(17,18)19/h5-6,11,13,20H,3-4,7-10H2,1-2H3. The van der Waals surface area contributed by atoms with Crippen LogP contribution in [0.3, 0.4) is 0 Å². The smallest absolute Gasteiger partial charge is 0.371 e. The number of nitrogens with zero attached hydrogens (tertiary/aromatic N) is 1. The molecule has 1 unspecified atom stereocenters. The van der Waals surface area contributed by atoms with Gasteiger partial charge >= 0.3 is 6.18 Å². The van der Waals surface area contributed by atoms with Crippen LogP contribution in [0.1, 0.15) is 37.3 Å². The number of aryl methyl sites for hydroxylation is 1. The van der Waals surface area contributed by atoms with E-state index in [1.807, 2.05) is 0 Å². The van der Waals surface area contributed by atoms with Crippen LogP contribution in [-0.2, 0) is 6.18 Å². The molecule has 1 N–H and O–H groups in total. The molecule has 0 aromatic heterocycles. The Morgan fingerprint density at radius 2 is 2.05 bits per heavy atom. The predicted octanol–water partition coefficient (Wildman–Crippen LogP) is 3.98. The van der Waals surface area contributed by atoms with Crippen LogP contribution in [0, 0.1) is 6.92 Å². The fourth-order valence-corrected chi connectivity index (χ4v) is 2.82. The highest BCUT2D eigenvalue weighted by Gasteiger charge is 2.32. The lowest BCUT2D eigenvalue weighted by molar-refractivity contribution is -0.138. The first-order valence-corrected chi connectivity index (χ1v) is 7.58. The second-order valence-electron chi connectivity index (χ2n) is 5.69. The summed E-state index contributed by atoms with van der Waals surface area (Å²) < 4.78 is 39.1. The van der Waals surface area contributed by atoms with Crippen molar-refractivity contribution in [1.82, 2.24) is 5.32 Å². The Hall–Kier alpha value is -1.23. The Bertz CT molecular complexity index is 471. The van der Waals surface area contributed by atoms with Crippen molar-refractivity contribution in [3.63, 3.8) is 0 Å². The van der Waals surface area contributed by atoms with E-state index in [4.69, 9.17) is 0 Å². The maximum absolute atomic E-state index is 13.0. The lowest BCUT2D eigenvalue weighted by atomic mass is 10.1. The van der Waals surface area contributed by atoms with Crippen LogP contribution in [-0.4, -0.2) is 25.7 Å². The second-order valence-corrected chi connectivity index (χ2v) is 5.69. The molecular formula is C16H23F3N2. The Morgan fingerprint density at radius 1 is 1.29 bits per heavy atom. The van der Waals surface area contributed by atoms with Gasteiger partial charge in [0.2, 0.25) is 0 Å². The van der Waals surface area contributed by atoms with E-state index in [2.05, 4.69) is 17.1 Å². The van der Waals surface area contributed by atoms with Crippen LogP contribution in [0.15, 0.2) is 18.2 Å². The van der Waals surface area contributed by atoms with Crippen LogP contribution < -0.4 is 10.2 Å². The zero-order valence-electron chi connectivity index (χ0n) is 12.6. The van der Waals surface area contributed by atoms with Gasteiger partial charge in [-0.1, -0.05) is 13.0 Å². The first-order valence-electron chi connectivity index (χ1n) is 7.58. The summed E-state index contributed by atoms with van der Waals surface area (Å²) in [7, 11) is 0. The zero-order valence-corrected chi connectivity index (χ0v) is 12.6. The van der Waals surface area contributed by atoms with Crippen molar-refractivity contribution in [2.75, 3.05) is 24.5 Å².